The topological polar surface area (TPSA) is 60.2 Å². The van der Waals surface area contributed by atoms with Gasteiger partial charge in [-0.2, -0.15) is 0 Å². The van der Waals surface area contributed by atoms with Crippen LogP contribution in [0, 0.1) is 11.8 Å². The molecule has 2 fully saturated rings. The highest BCUT2D eigenvalue weighted by atomic mass is 16.5. The zero-order valence-electron chi connectivity index (χ0n) is 18.5. The molecule has 1 spiro atoms. The van der Waals surface area contributed by atoms with Crippen LogP contribution in [0.4, 0.5) is 0 Å². The van der Waals surface area contributed by atoms with E-state index in [1.54, 1.807) is 0 Å². The molecule has 6 rings (SSSR count). The number of nitrogens with zero attached hydrogens (tertiary/aromatic N) is 3. The number of likely N-dealkylation sites (tertiary alicyclic amines) is 1. The van der Waals surface area contributed by atoms with Crippen LogP contribution in [-0.4, -0.2) is 67.1 Å². The number of carbonyl (C=O) groups is 1. The van der Waals surface area contributed by atoms with Gasteiger partial charge in [-0.25, -0.2) is 4.48 Å². The molecule has 0 bridgehead atoms. The van der Waals surface area contributed by atoms with Gasteiger partial charge in [0.05, 0.1) is 38.9 Å². The summed E-state index contributed by atoms with van der Waals surface area (Å²) in [6.45, 7) is 4.66. The van der Waals surface area contributed by atoms with Crippen molar-refractivity contribution in [1.82, 2.24) is 0 Å². The minimum atomic E-state index is -0.785. The van der Waals surface area contributed by atoms with Crippen LogP contribution < -0.4 is 0 Å². The number of ether oxygens (including phenoxy) is 2. The van der Waals surface area contributed by atoms with Crippen molar-refractivity contribution in [2.24, 2.45) is 21.8 Å². The molecule has 2 aliphatic carbocycles. The minimum Gasteiger partial charge on any atom is -0.419 e. The summed E-state index contributed by atoms with van der Waals surface area (Å²) < 4.78 is 13.4. The van der Waals surface area contributed by atoms with Crippen molar-refractivity contribution < 1.29 is 18.8 Å². The Kier molecular flexibility index (Phi) is 4.41. The fourth-order valence-electron chi connectivity index (χ4n) is 6.50. The number of rotatable bonds is 0. The van der Waals surface area contributed by atoms with Crippen LogP contribution in [0.15, 0.2) is 44.9 Å². The highest BCUT2D eigenvalue weighted by Gasteiger charge is 2.56. The third kappa shape index (κ3) is 3.10. The van der Waals surface area contributed by atoms with E-state index in [1.165, 1.54) is 16.7 Å². The summed E-state index contributed by atoms with van der Waals surface area (Å²) in [6, 6.07) is 0.929. The van der Waals surface area contributed by atoms with E-state index in [-0.39, 0.29) is 12.0 Å². The van der Waals surface area contributed by atoms with E-state index in [0.29, 0.717) is 41.2 Å². The summed E-state index contributed by atoms with van der Waals surface area (Å²) >= 11 is 0. The number of amides is 1. The Morgan fingerprint density at radius 3 is 2.97 bits per heavy atom. The fourth-order valence-corrected chi connectivity index (χ4v) is 6.50. The number of hydrogen-bond donors (Lipinski definition) is 0. The van der Waals surface area contributed by atoms with Gasteiger partial charge in [0.1, 0.15) is 0 Å². The van der Waals surface area contributed by atoms with E-state index in [0.717, 1.165) is 45.4 Å². The van der Waals surface area contributed by atoms with Gasteiger partial charge in [-0.3, -0.25) is 9.79 Å². The summed E-state index contributed by atoms with van der Waals surface area (Å²) in [6.07, 6.45) is 14.4. The van der Waals surface area contributed by atoms with Crippen molar-refractivity contribution in [2.75, 3.05) is 26.7 Å². The molecule has 4 aliphatic heterocycles. The van der Waals surface area contributed by atoms with Crippen LogP contribution in [0.1, 0.15) is 45.4 Å². The SMILES string of the molecule is CC1=CC2COC3CC[N+](C)(C4=NC(=O)C5(CC6=C(CCC=C6)C5)O4)CCC3C2N=C1. The molecule has 0 N–H and O–H groups in total. The summed E-state index contributed by atoms with van der Waals surface area (Å²) in [5, 5.41) is 0. The molecule has 6 atom stereocenters. The van der Waals surface area contributed by atoms with Crippen LogP contribution in [0.2, 0.25) is 0 Å². The Morgan fingerprint density at radius 1 is 1.23 bits per heavy atom. The number of aliphatic imine (C=N–C) groups is 2. The van der Waals surface area contributed by atoms with Gasteiger partial charge in [0, 0.05) is 43.7 Å². The molecule has 6 heteroatoms. The van der Waals surface area contributed by atoms with E-state index in [9.17, 15) is 4.79 Å². The maximum Gasteiger partial charge on any atom is 0.403 e. The molecule has 164 valence electrons. The first-order chi connectivity index (χ1) is 15.0. The third-order valence-electron chi connectivity index (χ3n) is 8.34. The second-order valence-electron chi connectivity index (χ2n) is 10.5. The molecule has 0 aromatic heterocycles. The quantitative estimate of drug-likeness (QED) is 0.563. The number of quaternary nitrogens is 1. The van der Waals surface area contributed by atoms with E-state index < -0.39 is 5.60 Å². The highest BCUT2D eigenvalue weighted by molar-refractivity contribution is 6.00. The number of dihydropyridines is 1. The van der Waals surface area contributed by atoms with Gasteiger partial charge in [0.2, 0.25) is 5.60 Å². The zero-order chi connectivity index (χ0) is 21.2. The van der Waals surface area contributed by atoms with Crippen LogP contribution in [0.5, 0.6) is 0 Å². The normalized spacial score (nSPS) is 43.7. The fraction of sp³-hybridized carbons (Fsp3) is 0.640. The molecule has 6 aliphatic rings. The van der Waals surface area contributed by atoms with Crippen LogP contribution >= 0.6 is 0 Å². The lowest BCUT2D eigenvalue weighted by Gasteiger charge is -2.40. The molecule has 0 saturated carbocycles. The van der Waals surface area contributed by atoms with Crippen molar-refractivity contribution in [3.8, 4) is 0 Å². The Bertz CT molecular complexity index is 976. The lowest BCUT2D eigenvalue weighted by atomic mass is 9.78. The zero-order valence-corrected chi connectivity index (χ0v) is 18.5. The van der Waals surface area contributed by atoms with Crippen LogP contribution in [0.25, 0.3) is 0 Å². The van der Waals surface area contributed by atoms with Gasteiger partial charge in [-0.15, -0.1) is 4.99 Å². The first kappa shape index (κ1) is 19.6. The molecule has 1 amide bonds. The van der Waals surface area contributed by atoms with E-state index in [2.05, 4.69) is 37.2 Å². The third-order valence-corrected chi connectivity index (χ3v) is 8.34. The molecule has 4 heterocycles. The predicted molar refractivity (Wildman–Crippen MR) is 119 cm³/mol. The standard InChI is InChI=1S/C25H32N3O3/c1-16-11-19-15-30-21-8-10-28(2,9-7-20(21)22(19)26-14-16)24-27-23(29)25(31-24)12-17-5-3-4-6-18(17)13-25/h3,5,11,14,19-22H,4,6-10,12-13,15H2,1-2H3/q+1. The van der Waals surface area contributed by atoms with E-state index in [4.69, 9.17) is 14.5 Å². The van der Waals surface area contributed by atoms with Crippen molar-refractivity contribution in [2.45, 2.75) is 63.2 Å². The summed E-state index contributed by atoms with van der Waals surface area (Å²) in [5.74, 6) is 0.716. The van der Waals surface area contributed by atoms with Crippen molar-refractivity contribution >= 4 is 18.1 Å². The number of fused-ring (bicyclic) bond motifs is 3. The average Bonchev–Trinajstić information content (AvgIpc) is 3.24. The van der Waals surface area contributed by atoms with E-state index >= 15 is 0 Å². The van der Waals surface area contributed by atoms with Gasteiger partial charge in [0.15, 0.2) is 0 Å². The Labute approximate surface area is 184 Å². The lowest BCUT2D eigenvalue weighted by molar-refractivity contribution is -0.830. The summed E-state index contributed by atoms with van der Waals surface area (Å²) in [5.41, 5.74) is 3.12. The molecule has 31 heavy (non-hydrogen) atoms. The lowest BCUT2D eigenvalue weighted by Crippen LogP contribution is -2.52. The van der Waals surface area contributed by atoms with Gasteiger partial charge in [0.25, 0.3) is 5.91 Å². The second-order valence-corrected chi connectivity index (χ2v) is 10.5. The Morgan fingerprint density at radius 2 is 2.10 bits per heavy atom. The molecule has 0 aromatic rings. The van der Waals surface area contributed by atoms with Crippen molar-refractivity contribution in [3.63, 3.8) is 0 Å². The number of hydrogen-bond acceptors (Lipinski definition) is 4. The highest BCUT2D eigenvalue weighted by Crippen LogP contribution is 2.46. The van der Waals surface area contributed by atoms with Gasteiger partial charge >= 0.3 is 6.02 Å². The number of allylic oxidation sites excluding steroid dienone is 3. The number of amidine groups is 1. The first-order valence-corrected chi connectivity index (χ1v) is 11.8. The van der Waals surface area contributed by atoms with E-state index in [1.807, 2.05) is 6.21 Å². The van der Waals surface area contributed by atoms with Crippen molar-refractivity contribution in [3.05, 3.63) is 34.9 Å². The summed E-state index contributed by atoms with van der Waals surface area (Å²) in [7, 11) is 2.18. The van der Waals surface area contributed by atoms with Gasteiger partial charge in [-0.1, -0.05) is 23.8 Å². The Balaban J connectivity index is 1.20. The van der Waals surface area contributed by atoms with Gasteiger partial charge in [-0.05, 0) is 30.9 Å². The first-order valence-electron chi connectivity index (χ1n) is 11.8. The Hall–Kier alpha value is -2.05. The molecular formula is C25H32N3O3+. The number of carbonyl (C=O) groups excluding carboxylic acids is 1. The predicted octanol–water partition coefficient (Wildman–Crippen LogP) is 3.35. The maximum absolute atomic E-state index is 13.1. The molecule has 2 saturated heterocycles. The minimum absolute atomic E-state index is 0.0832. The monoisotopic (exact) mass is 422 g/mol. The largest absolute Gasteiger partial charge is 0.419 e. The molecular weight excluding hydrogens is 390 g/mol. The van der Waals surface area contributed by atoms with Crippen LogP contribution in [-0.2, 0) is 14.3 Å². The second kappa shape index (κ2) is 6.97. The van der Waals surface area contributed by atoms with Gasteiger partial charge < -0.3 is 9.47 Å². The van der Waals surface area contributed by atoms with Crippen molar-refractivity contribution in [1.29, 1.82) is 0 Å². The molecule has 6 nitrogen and oxygen atoms in total. The molecule has 6 unspecified atom stereocenters. The average molecular weight is 423 g/mol. The smallest absolute Gasteiger partial charge is 0.403 e. The molecule has 0 aromatic carbocycles. The van der Waals surface area contributed by atoms with Crippen LogP contribution in [0.3, 0.4) is 0 Å². The summed E-state index contributed by atoms with van der Waals surface area (Å²) in [4.78, 5) is 22.5. The maximum atomic E-state index is 13.1. The molecule has 0 radical (unpaired) electrons.